The van der Waals surface area contributed by atoms with Crippen LogP contribution in [0.2, 0.25) is 0 Å². The van der Waals surface area contributed by atoms with Crippen LogP contribution in [0.15, 0.2) is 29.2 Å². The van der Waals surface area contributed by atoms with E-state index in [4.69, 9.17) is 4.74 Å². The van der Waals surface area contributed by atoms with Crippen molar-refractivity contribution in [3.8, 4) is 0 Å². The molecule has 0 saturated heterocycles. The van der Waals surface area contributed by atoms with Gasteiger partial charge in [-0.05, 0) is 37.1 Å². The molecular formula is C19H28N2O5S. The van der Waals surface area contributed by atoms with Crippen LogP contribution in [-0.4, -0.2) is 51.3 Å². The van der Waals surface area contributed by atoms with E-state index in [1.807, 2.05) is 0 Å². The van der Waals surface area contributed by atoms with Crippen molar-refractivity contribution in [3.05, 3.63) is 29.8 Å². The van der Waals surface area contributed by atoms with E-state index in [0.29, 0.717) is 0 Å². The predicted octanol–water partition coefficient (Wildman–Crippen LogP) is 2.32. The first-order chi connectivity index (χ1) is 12.8. The molecule has 1 aromatic carbocycles. The molecule has 27 heavy (non-hydrogen) atoms. The highest BCUT2D eigenvalue weighted by molar-refractivity contribution is 7.89. The van der Waals surface area contributed by atoms with E-state index in [1.165, 1.54) is 57.6 Å². The van der Waals surface area contributed by atoms with Gasteiger partial charge in [0.25, 0.3) is 5.91 Å². The second-order valence-electron chi connectivity index (χ2n) is 7.00. The maximum absolute atomic E-state index is 12.1. The summed E-state index contributed by atoms with van der Waals surface area (Å²) in [5, 5.41) is 2.93. The molecule has 1 aromatic rings. The van der Waals surface area contributed by atoms with E-state index in [1.54, 1.807) is 0 Å². The smallest absolute Gasteiger partial charge is 0.338 e. The van der Waals surface area contributed by atoms with Gasteiger partial charge < -0.3 is 10.1 Å². The number of nitrogens with one attached hydrogen (secondary N) is 1. The fourth-order valence-corrected chi connectivity index (χ4v) is 3.96. The van der Waals surface area contributed by atoms with Gasteiger partial charge in [-0.3, -0.25) is 4.79 Å². The number of amides is 1. The lowest BCUT2D eigenvalue weighted by atomic mass is 9.97. The van der Waals surface area contributed by atoms with Gasteiger partial charge in [-0.15, -0.1) is 0 Å². The summed E-state index contributed by atoms with van der Waals surface area (Å²) >= 11 is 0. The van der Waals surface area contributed by atoms with Crippen molar-refractivity contribution in [2.75, 3.05) is 20.7 Å². The third-order valence-electron chi connectivity index (χ3n) is 4.67. The SMILES string of the molecule is CN(C)S(=O)(=O)c1ccc(C(=O)OCC(=O)NC2CCCCCCC2)cc1. The van der Waals surface area contributed by atoms with Gasteiger partial charge in [0.05, 0.1) is 10.5 Å². The van der Waals surface area contributed by atoms with Crippen LogP contribution in [0.4, 0.5) is 0 Å². The van der Waals surface area contributed by atoms with Gasteiger partial charge in [0.15, 0.2) is 6.61 Å². The topological polar surface area (TPSA) is 92.8 Å². The van der Waals surface area contributed by atoms with Crippen LogP contribution in [0.5, 0.6) is 0 Å². The third-order valence-corrected chi connectivity index (χ3v) is 6.50. The third kappa shape index (κ3) is 6.32. The van der Waals surface area contributed by atoms with Crippen LogP contribution in [0, 0.1) is 0 Å². The minimum Gasteiger partial charge on any atom is -0.452 e. The summed E-state index contributed by atoms with van der Waals surface area (Å²) in [6.45, 7) is -0.340. The van der Waals surface area contributed by atoms with Crippen molar-refractivity contribution >= 4 is 21.9 Å². The van der Waals surface area contributed by atoms with Crippen LogP contribution in [-0.2, 0) is 19.6 Å². The molecule has 1 N–H and O–H groups in total. The molecule has 1 aliphatic carbocycles. The lowest BCUT2D eigenvalue weighted by molar-refractivity contribution is -0.125. The van der Waals surface area contributed by atoms with Crippen molar-refractivity contribution in [2.45, 2.75) is 55.9 Å². The first-order valence-electron chi connectivity index (χ1n) is 9.30. The normalized spacial score (nSPS) is 16.4. The number of nitrogens with zero attached hydrogens (tertiary/aromatic N) is 1. The minimum absolute atomic E-state index is 0.0890. The second-order valence-corrected chi connectivity index (χ2v) is 9.15. The van der Waals surface area contributed by atoms with Crippen LogP contribution in [0.25, 0.3) is 0 Å². The Morgan fingerprint density at radius 3 is 2.15 bits per heavy atom. The van der Waals surface area contributed by atoms with Crippen molar-refractivity contribution < 1.29 is 22.7 Å². The molecule has 1 fully saturated rings. The average molecular weight is 397 g/mol. The van der Waals surface area contributed by atoms with Gasteiger partial charge in [-0.25, -0.2) is 17.5 Å². The highest BCUT2D eigenvalue weighted by Crippen LogP contribution is 2.17. The molecule has 7 nitrogen and oxygen atoms in total. The number of carbonyl (C=O) groups is 2. The van der Waals surface area contributed by atoms with Gasteiger partial charge in [0.2, 0.25) is 10.0 Å². The molecule has 0 unspecified atom stereocenters. The van der Waals surface area contributed by atoms with E-state index in [-0.39, 0.29) is 29.0 Å². The average Bonchev–Trinajstić information content (AvgIpc) is 2.61. The summed E-state index contributed by atoms with van der Waals surface area (Å²) < 4.78 is 30.2. The molecule has 1 aliphatic rings. The maximum Gasteiger partial charge on any atom is 0.338 e. The molecule has 0 atom stereocenters. The standard InChI is InChI=1S/C19H28N2O5S/c1-21(2)27(24,25)17-12-10-15(11-13-17)19(23)26-14-18(22)20-16-8-6-4-3-5-7-9-16/h10-13,16H,3-9,14H2,1-2H3,(H,20,22). The molecule has 0 bridgehead atoms. The van der Waals surface area contributed by atoms with E-state index in [2.05, 4.69) is 5.32 Å². The molecule has 0 radical (unpaired) electrons. The monoisotopic (exact) mass is 396 g/mol. The first kappa shape index (κ1) is 21.4. The van der Waals surface area contributed by atoms with Crippen molar-refractivity contribution in [3.63, 3.8) is 0 Å². The number of carbonyl (C=O) groups excluding carboxylic acids is 2. The lowest BCUT2D eigenvalue weighted by Gasteiger charge is -2.20. The largest absolute Gasteiger partial charge is 0.452 e. The molecule has 150 valence electrons. The Hall–Kier alpha value is -1.93. The molecular weight excluding hydrogens is 368 g/mol. The lowest BCUT2D eigenvalue weighted by Crippen LogP contribution is -2.38. The van der Waals surface area contributed by atoms with E-state index >= 15 is 0 Å². The minimum atomic E-state index is -3.55. The Kier molecular flexibility index (Phi) is 7.79. The molecule has 8 heteroatoms. The Morgan fingerprint density at radius 2 is 1.59 bits per heavy atom. The number of rotatable bonds is 6. The summed E-state index contributed by atoms with van der Waals surface area (Å²) in [4.78, 5) is 24.2. The first-order valence-corrected chi connectivity index (χ1v) is 10.7. The number of ether oxygens (including phenoxy) is 1. The number of benzene rings is 1. The fourth-order valence-electron chi connectivity index (χ4n) is 3.06. The highest BCUT2D eigenvalue weighted by Gasteiger charge is 2.19. The van der Waals surface area contributed by atoms with Crippen LogP contribution in [0.1, 0.15) is 55.3 Å². The van der Waals surface area contributed by atoms with Crippen molar-refractivity contribution in [1.82, 2.24) is 9.62 Å². The summed E-state index contributed by atoms with van der Waals surface area (Å²) in [5.41, 5.74) is 0.200. The summed E-state index contributed by atoms with van der Waals surface area (Å²) in [6.07, 6.45) is 7.78. The zero-order valence-electron chi connectivity index (χ0n) is 15.9. The van der Waals surface area contributed by atoms with Gasteiger partial charge in [-0.1, -0.05) is 32.1 Å². The molecule has 1 saturated carbocycles. The van der Waals surface area contributed by atoms with Gasteiger partial charge in [-0.2, -0.15) is 0 Å². The number of esters is 1. The Morgan fingerprint density at radius 1 is 1.04 bits per heavy atom. The summed E-state index contributed by atoms with van der Waals surface area (Å²) in [6, 6.07) is 5.60. The quantitative estimate of drug-likeness (QED) is 0.745. The van der Waals surface area contributed by atoms with E-state index in [9.17, 15) is 18.0 Å². The summed E-state index contributed by atoms with van der Waals surface area (Å²) in [7, 11) is -0.677. The zero-order chi connectivity index (χ0) is 19.9. The van der Waals surface area contributed by atoms with Gasteiger partial charge in [0, 0.05) is 20.1 Å². The van der Waals surface area contributed by atoms with E-state index in [0.717, 1.165) is 30.0 Å². The van der Waals surface area contributed by atoms with Crippen LogP contribution in [0.3, 0.4) is 0 Å². The maximum atomic E-state index is 12.1. The van der Waals surface area contributed by atoms with Crippen LogP contribution >= 0.6 is 0 Å². The van der Waals surface area contributed by atoms with Crippen molar-refractivity contribution in [2.24, 2.45) is 0 Å². The van der Waals surface area contributed by atoms with Crippen LogP contribution < -0.4 is 5.32 Å². The number of hydrogen-bond donors (Lipinski definition) is 1. The van der Waals surface area contributed by atoms with E-state index < -0.39 is 16.0 Å². The Labute approximate surface area is 161 Å². The molecule has 0 spiro atoms. The highest BCUT2D eigenvalue weighted by atomic mass is 32.2. The zero-order valence-corrected chi connectivity index (χ0v) is 16.8. The molecule has 1 amide bonds. The molecule has 0 heterocycles. The Balaban J connectivity index is 1.85. The van der Waals surface area contributed by atoms with Gasteiger partial charge >= 0.3 is 5.97 Å². The predicted molar refractivity (Wildman–Crippen MR) is 102 cm³/mol. The van der Waals surface area contributed by atoms with Gasteiger partial charge in [0.1, 0.15) is 0 Å². The summed E-state index contributed by atoms with van der Waals surface area (Å²) in [5.74, 6) is -0.961. The number of hydrogen-bond acceptors (Lipinski definition) is 5. The molecule has 0 aliphatic heterocycles. The fraction of sp³-hybridized carbons (Fsp3) is 0.579. The van der Waals surface area contributed by atoms with Crippen molar-refractivity contribution in [1.29, 1.82) is 0 Å². The molecule has 0 aromatic heterocycles. The Bertz CT molecular complexity index is 736. The second kappa shape index (κ2) is 9.85. The number of sulfonamides is 1. The molecule has 2 rings (SSSR count).